The fraction of sp³-hybridized carbons (Fsp3) is 0. The van der Waals surface area contributed by atoms with Crippen LogP contribution in [-0.2, 0) is 0 Å². The van der Waals surface area contributed by atoms with Crippen LogP contribution in [0.2, 0.25) is 20.1 Å². The topological polar surface area (TPSA) is 12.4 Å². The SMILES string of the molecule is Clc1ccccc1/N=C/c1ccc(Cl)c(Cl)c1Cl. The van der Waals surface area contributed by atoms with Gasteiger partial charge in [0.05, 0.1) is 25.8 Å². The van der Waals surface area contributed by atoms with Gasteiger partial charge in [-0.25, -0.2) is 0 Å². The summed E-state index contributed by atoms with van der Waals surface area (Å²) in [6.45, 7) is 0. The molecule has 0 radical (unpaired) electrons. The van der Waals surface area contributed by atoms with Crippen molar-refractivity contribution < 1.29 is 0 Å². The highest BCUT2D eigenvalue weighted by Crippen LogP contribution is 2.32. The quantitative estimate of drug-likeness (QED) is 0.472. The molecule has 0 heterocycles. The van der Waals surface area contributed by atoms with Crippen LogP contribution in [0.3, 0.4) is 0 Å². The summed E-state index contributed by atoms with van der Waals surface area (Å²) >= 11 is 23.8. The molecule has 1 nitrogen and oxygen atoms in total. The Labute approximate surface area is 125 Å². The van der Waals surface area contributed by atoms with Crippen molar-refractivity contribution in [2.24, 2.45) is 4.99 Å². The van der Waals surface area contributed by atoms with Gasteiger partial charge in [0.25, 0.3) is 0 Å². The van der Waals surface area contributed by atoms with Crippen molar-refractivity contribution in [3.8, 4) is 0 Å². The zero-order chi connectivity index (χ0) is 13.1. The molecule has 0 saturated heterocycles. The zero-order valence-corrected chi connectivity index (χ0v) is 12.0. The molecule has 92 valence electrons. The van der Waals surface area contributed by atoms with Crippen molar-refractivity contribution in [3.63, 3.8) is 0 Å². The molecule has 0 aromatic heterocycles. The minimum atomic E-state index is 0.321. The van der Waals surface area contributed by atoms with Gasteiger partial charge in [-0.05, 0) is 18.2 Å². The number of nitrogens with zero attached hydrogens (tertiary/aromatic N) is 1. The first-order chi connectivity index (χ1) is 8.59. The van der Waals surface area contributed by atoms with E-state index in [2.05, 4.69) is 4.99 Å². The maximum Gasteiger partial charge on any atom is 0.0816 e. The number of halogens is 4. The molecule has 2 aromatic carbocycles. The minimum absolute atomic E-state index is 0.321. The molecular formula is C13H7Cl4N. The van der Waals surface area contributed by atoms with E-state index in [-0.39, 0.29) is 0 Å². The van der Waals surface area contributed by atoms with Crippen LogP contribution in [0.4, 0.5) is 5.69 Å². The summed E-state index contributed by atoms with van der Waals surface area (Å²) in [5.41, 5.74) is 1.35. The molecule has 0 aliphatic heterocycles. The lowest BCUT2D eigenvalue weighted by atomic mass is 10.2. The molecule has 2 rings (SSSR count). The van der Waals surface area contributed by atoms with Gasteiger partial charge in [0.2, 0.25) is 0 Å². The van der Waals surface area contributed by atoms with Crippen LogP contribution >= 0.6 is 46.4 Å². The summed E-state index contributed by atoms with van der Waals surface area (Å²) in [4.78, 5) is 4.26. The van der Waals surface area contributed by atoms with Gasteiger partial charge in [-0.1, -0.05) is 64.6 Å². The van der Waals surface area contributed by atoms with E-state index in [0.717, 1.165) is 0 Å². The Bertz CT molecular complexity index is 608. The summed E-state index contributed by atoms with van der Waals surface area (Å²) in [6.07, 6.45) is 1.60. The van der Waals surface area contributed by atoms with Crippen LogP contribution in [0.25, 0.3) is 0 Å². The third kappa shape index (κ3) is 2.99. The van der Waals surface area contributed by atoms with Crippen molar-refractivity contribution in [1.82, 2.24) is 0 Å². The molecule has 5 heteroatoms. The Kier molecular flexibility index (Phi) is 4.52. The molecule has 0 amide bonds. The van der Waals surface area contributed by atoms with E-state index in [4.69, 9.17) is 46.4 Å². The molecule has 2 aromatic rings. The summed E-state index contributed by atoms with van der Waals surface area (Å²) in [5.74, 6) is 0. The van der Waals surface area contributed by atoms with E-state index in [1.807, 2.05) is 18.2 Å². The number of hydrogen-bond acceptors (Lipinski definition) is 1. The Hall–Kier alpha value is -0.730. The van der Waals surface area contributed by atoms with Gasteiger partial charge in [-0.15, -0.1) is 0 Å². The Balaban J connectivity index is 2.36. The van der Waals surface area contributed by atoms with Gasteiger partial charge in [0.15, 0.2) is 0 Å². The fourth-order valence-electron chi connectivity index (χ4n) is 1.34. The van der Waals surface area contributed by atoms with Crippen LogP contribution < -0.4 is 0 Å². The van der Waals surface area contributed by atoms with E-state index < -0.39 is 0 Å². The number of rotatable bonds is 2. The largest absolute Gasteiger partial charge is 0.255 e. The van der Waals surface area contributed by atoms with Gasteiger partial charge in [0.1, 0.15) is 0 Å². The molecule has 0 saturated carbocycles. The van der Waals surface area contributed by atoms with E-state index >= 15 is 0 Å². The molecule has 0 aliphatic rings. The van der Waals surface area contributed by atoms with Crippen LogP contribution in [0.5, 0.6) is 0 Å². The van der Waals surface area contributed by atoms with Gasteiger partial charge in [-0.2, -0.15) is 0 Å². The van der Waals surface area contributed by atoms with Crippen molar-refractivity contribution in [1.29, 1.82) is 0 Å². The van der Waals surface area contributed by atoms with E-state index in [1.165, 1.54) is 0 Å². The van der Waals surface area contributed by atoms with Crippen molar-refractivity contribution in [2.75, 3.05) is 0 Å². The molecular weight excluding hydrogens is 312 g/mol. The third-order valence-electron chi connectivity index (χ3n) is 2.26. The Morgan fingerprint density at radius 1 is 0.778 bits per heavy atom. The summed E-state index contributed by atoms with van der Waals surface area (Å²) in [7, 11) is 0. The Morgan fingerprint density at radius 2 is 1.50 bits per heavy atom. The first-order valence-corrected chi connectivity index (χ1v) is 6.53. The predicted molar refractivity (Wildman–Crippen MR) is 80.2 cm³/mol. The highest BCUT2D eigenvalue weighted by Gasteiger charge is 2.07. The van der Waals surface area contributed by atoms with Gasteiger partial charge >= 0.3 is 0 Å². The zero-order valence-electron chi connectivity index (χ0n) is 9.00. The van der Waals surface area contributed by atoms with Crippen LogP contribution in [0.15, 0.2) is 41.4 Å². The number of aliphatic imine (C=N–C) groups is 1. The molecule has 0 spiro atoms. The van der Waals surface area contributed by atoms with Gasteiger partial charge in [-0.3, -0.25) is 4.99 Å². The molecule has 0 bridgehead atoms. The lowest BCUT2D eigenvalue weighted by Gasteiger charge is -2.02. The number of hydrogen-bond donors (Lipinski definition) is 0. The lowest BCUT2D eigenvalue weighted by molar-refractivity contribution is 1.52. The molecule has 0 atom stereocenters. The highest BCUT2D eigenvalue weighted by atomic mass is 35.5. The first kappa shape index (κ1) is 13.7. The average Bonchev–Trinajstić information content (AvgIpc) is 2.37. The van der Waals surface area contributed by atoms with Crippen molar-refractivity contribution >= 4 is 58.3 Å². The molecule has 0 fully saturated rings. The predicted octanol–water partition coefficient (Wildman–Crippen LogP) is 6.05. The summed E-state index contributed by atoms with van der Waals surface area (Å²) < 4.78 is 0. The van der Waals surface area contributed by atoms with Crippen molar-refractivity contribution in [3.05, 3.63) is 62.1 Å². The first-order valence-electron chi connectivity index (χ1n) is 5.01. The highest BCUT2D eigenvalue weighted by molar-refractivity contribution is 6.49. The lowest BCUT2D eigenvalue weighted by Crippen LogP contribution is -1.84. The van der Waals surface area contributed by atoms with Gasteiger partial charge in [0, 0.05) is 11.8 Å². The monoisotopic (exact) mass is 317 g/mol. The number of para-hydroxylation sites is 1. The standard InChI is InChI=1S/C13H7Cl4N/c14-9-3-1-2-4-11(9)18-7-8-5-6-10(15)13(17)12(8)16/h1-7H/b18-7+. The molecule has 0 aliphatic carbocycles. The van der Waals surface area contributed by atoms with E-state index in [1.54, 1.807) is 24.4 Å². The smallest absolute Gasteiger partial charge is 0.0816 e. The molecule has 0 N–H and O–H groups in total. The summed E-state index contributed by atoms with van der Waals surface area (Å²) in [6, 6.07) is 10.7. The maximum atomic E-state index is 6.06. The minimum Gasteiger partial charge on any atom is -0.255 e. The second kappa shape index (κ2) is 5.94. The normalized spacial score (nSPS) is 11.1. The van der Waals surface area contributed by atoms with Crippen LogP contribution in [0.1, 0.15) is 5.56 Å². The average molecular weight is 319 g/mol. The molecule has 18 heavy (non-hydrogen) atoms. The van der Waals surface area contributed by atoms with Gasteiger partial charge < -0.3 is 0 Å². The van der Waals surface area contributed by atoms with Crippen LogP contribution in [-0.4, -0.2) is 6.21 Å². The fourth-order valence-corrected chi connectivity index (χ4v) is 2.11. The molecule has 0 unspecified atom stereocenters. The maximum absolute atomic E-state index is 6.06. The second-order valence-corrected chi connectivity index (χ2v) is 5.04. The van der Waals surface area contributed by atoms with E-state index in [0.29, 0.717) is 31.3 Å². The second-order valence-electron chi connectivity index (χ2n) is 3.47. The number of benzene rings is 2. The summed E-state index contributed by atoms with van der Waals surface area (Å²) in [5, 5.41) is 1.68. The Morgan fingerprint density at radius 3 is 2.22 bits per heavy atom. The van der Waals surface area contributed by atoms with E-state index in [9.17, 15) is 0 Å². The van der Waals surface area contributed by atoms with Crippen molar-refractivity contribution in [2.45, 2.75) is 0 Å². The third-order valence-corrected chi connectivity index (χ3v) is 3.89. The van der Waals surface area contributed by atoms with Crippen LogP contribution in [0, 0.1) is 0 Å².